The molecule has 0 saturated heterocycles. The van der Waals surface area contributed by atoms with E-state index in [1.165, 1.54) is 0 Å². The average molecular weight is 262 g/mol. The molecule has 0 aliphatic rings. The normalized spacial score (nSPS) is 12.3. The van der Waals surface area contributed by atoms with Crippen LogP contribution in [0.5, 0.6) is 0 Å². The van der Waals surface area contributed by atoms with Crippen LogP contribution in [0.25, 0.3) is 0 Å². The molecule has 5 nitrogen and oxygen atoms in total. The maximum Gasteiger partial charge on any atom is 0.340 e. The van der Waals surface area contributed by atoms with Crippen molar-refractivity contribution in [2.75, 3.05) is 0 Å². The molecule has 0 bridgehead atoms. The molecule has 0 spiro atoms. The molecule has 0 rings (SSSR count). The number of hydrogen-bond donors (Lipinski definition) is 1. The summed E-state index contributed by atoms with van der Waals surface area (Å²) < 4.78 is 5.26. The topological polar surface area (TPSA) is 72.8 Å². The fourth-order valence-electron chi connectivity index (χ4n) is 0.701. The first-order chi connectivity index (χ1) is 7.56. The van der Waals surface area contributed by atoms with E-state index in [4.69, 9.17) is 14.6 Å². The third kappa shape index (κ3) is 6.43. The van der Waals surface area contributed by atoms with Gasteiger partial charge in [0.2, 0.25) is 0 Å². The second kappa shape index (κ2) is 6.16. The summed E-state index contributed by atoms with van der Waals surface area (Å²) >= 11 is 0. The lowest BCUT2D eigenvalue weighted by Gasteiger charge is -2.33. The van der Waals surface area contributed by atoms with E-state index in [-0.39, 0.29) is 24.3 Å². The zero-order chi connectivity index (χ0) is 13.7. The summed E-state index contributed by atoms with van der Waals surface area (Å²) in [7, 11) is -2.09. The van der Waals surface area contributed by atoms with Crippen LogP contribution in [0.3, 0.4) is 0 Å². The Morgan fingerprint density at radius 3 is 2.12 bits per heavy atom. The highest BCUT2D eigenvalue weighted by atomic mass is 28.4. The van der Waals surface area contributed by atoms with Gasteiger partial charge in [0.1, 0.15) is 0 Å². The highest BCUT2D eigenvalue weighted by Crippen LogP contribution is 2.36. The van der Waals surface area contributed by atoms with E-state index in [1.54, 1.807) is 0 Å². The van der Waals surface area contributed by atoms with Crippen molar-refractivity contribution in [3.8, 4) is 0 Å². The Hall–Kier alpha value is -0.883. The minimum absolute atomic E-state index is 0.0325. The number of hydrogen-bond acceptors (Lipinski definition) is 4. The number of carboxylic acid groups (broad SMARTS) is 1. The molecule has 100 valence electrons. The molecule has 0 fully saturated rings. The second-order valence-electron chi connectivity index (χ2n) is 5.55. The van der Waals surface area contributed by atoms with E-state index in [0.29, 0.717) is 0 Å². The number of carboxylic acids is 1. The van der Waals surface area contributed by atoms with Crippen molar-refractivity contribution < 1.29 is 24.2 Å². The lowest BCUT2D eigenvalue weighted by molar-refractivity contribution is -0.221. The van der Waals surface area contributed by atoms with Gasteiger partial charge in [-0.25, -0.2) is 9.37 Å². The fourth-order valence-corrected chi connectivity index (χ4v) is 1.25. The molecule has 0 amide bonds. The summed E-state index contributed by atoms with van der Waals surface area (Å²) in [6.45, 7) is 10.1. The second-order valence-corrected chi connectivity index (χ2v) is 10.2. The quantitative estimate of drug-likeness (QED) is 0.452. The summed E-state index contributed by atoms with van der Waals surface area (Å²) in [5.74, 6) is -1.42. The van der Waals surface area contributed by atoms with E-state index in [9.17, 15) is 9.59 Å². The van der Waals surface area contributed by atoms with Crippen LogP contribution in [0.1, 0.15) is 40.0 Å². The van der Waals surface area contributed by atoms with Gasteiger partial charge in [-0.15, -0.1) is 0 Å². The summed E-state index contributed by atoms with van der Waals surface area (Å²) in [6.07, 6.45) is 0.311. The lowest BCUT2D eigenvalue weighted by Crippen LogP contribution is -2.41. The summed E-state index contributed by atoms with van der Waals surface area (Å²) in [5, 5.41) is 8.38. The van der Waals surface area contributed by atoms with Crippen LogP contribution in [0, 0.1) is 0 Å². The van der Waals surface area contributed by atoms with Gasteiger partial charge in [-0.1, -0.05) is 20.8 Å². The fraction of sp³-hybridized carbons (Fsp3) is 0.818. The largest absolute Gasteiger partial charge is 0.481 e. The number of rotatable bonds is 6. The Balaban J connectivity index is 3.96. The predicted octanol–water partition coefficient (Wildman–Crippen LogP) is 2.72. The number of carbonyl (C=O) groups excluding carboxylic acids is 1. The zero-order valence-electron chi connectivity index (χ0n) is 11.2. The van der Waals surface area contributed by atoms with Gasteiger partial charge >= 0.3 is 11.9 Å². The SMILES string of the molecule is CC(C)(C)[Si](C)(C)OOC(=O)CCCC(=O)O. The molecule has 0 aromatic rings. The standard InChI is InChI=1S/C11H22O5Si/c1-11(2,3)17(4,5)16-15-10(14)8-6-7-9(12)13/h6-8H2,1-5H3,(H,12,13). The Bertz CT molecular complexity index is 280. The van der Waals surface area contributed by atoms with Crippen molar-refractivity contribution in [3.05, 3.63) is 0 Å². The van der Waals surface area contributed by atoms with E-state index in [2.05, 4.69) is 0 Å². The molecule has 0 radical (unpaired) electrons. The number of carbonyl (C=O) groups is 2. The molecular formula is C11H22O5Si. The molecule has 0 aromatic carbocycles. The molecule has 1 N–H and O–H groups in total. The van der Waals surface area contributed by atoms with Crippen molar-refractivity contribution in [2.45, 2.75) is 58.2 Å². The minimum atomic E-state index is -2.09. The van der Waals surface area contributed by atoms with Crippen LogP contribution < -0.4 is 0 Å². The zero-order valence-corrected chi connectivity index (χ0v) is 12.2. The first kappa shape index (κ1) is 16.1. The summed E-state index contributed by atoms with van der Waals surface area (Å²) in [4.78, 5) is 26.3. The monoisotopic (exact) mass is 262 g/mol. The molecule has 0 aliphatic carbocycles. The third-order valence-electron chi connectivity index (χ3n) is 2.92. The molecule has 0 aliphatic heterocycles. The van der Waals surface area contributed by atoms with Crippen LogP contribution in [0.15, 0.2) is 0 Å². The Labute approximate surface area is 103 Å². The Morgan fingerprint density at radius 2 is 1.71 bits per heavy atom. The van der Waals surface area contributed by atoms with Crippen LogP contribution in [0.4, 0.5) is 0 Å². The highest BCUT2D eigenvalue weighted by molar-refractivity contribution is 6.73. The van der Waals surface area contributed by atoms with Crippen molar-refractivity contribution >= 4 is 20.3 Å². The number of aliphatic carboxylic acids is 1. The maximum atomic E-state index is 11.3. The van der Waals surface area contributed by atoms with Gasteiger partial charge in [0, 0.05) is 12.8 Å². The predicted molar refractivity (Wildman–Crippen MR) is 65.9 cm³/mol. The van der Waals surface area contributed by atoms with Gasteiger partial charge in [-0.05, 0) is 24.6 Å². The average Bonchev–Trinajstić information content (AvgIpc) is 2.12. The van der Waals surface area contributed by atoms with Gasteiger partial charge in [0.15, 0.2) is 0 Å². The van der Waals surface area contributed by atoms with E-state index in [0.717, 1.165) is 0 Å². The van der Waals surface area contributed by atoms with Crippen LogP contribution >= 0.6 is 0 Å². The molecule has 0 atom stereocenters. The molecule has 0 saturated carbocycles. The molecule has 0 heterocycles. The van der Waals surface area contributed by atoms with Crippen molar-refractivity contribution in [1.29, 1.82) is 0 Å². The van der Waals surface area contributed by atoms with E-state index >= 15 is 0 Å². The maximum absolute atomic E-state index is 11.3. The molecule has 17 heavy (non-hydrogen) atoms. The highest BCUT2D eigenvalue weighted by Gasteiger charge is 2.40. The van der Waals surface area contributed by atoms with Crippen molar-refractivity contribution in [1.82, 2.24) is 0 Å². The van der Waals surface area contributed by atoms with Crippen LogP contribution in [0.2, 0.25) is 18.1 Å². The van der Waals surface area contributed by atoms with E-state index in [1.807, 2.05) is 33.9 Å². The van der Waals surface area contributed by atoms with E-state index < -0.39 is 20.3 Å². The first-order valence-electron chi connectivity index (χ1n) is 5.66. The third-order valence-corrected chi connectivity index (χ3v) is 7.03. The smallest absolute Gasteiger partial charge is 0.340 e. The van der Waals surface area contributed by atoms with Crippen LogP contribution in [-0.4, -0.2) is 25.4 Å². The van der Waals surface area contributed by atoms with Gasteiger partial charge in [0.05, 0.1) is 0 Å². The Kier molecular flexibility index (Phi) is 5.84. The van der Waals surface area contributed by atoms with Gasteiger partial charge in [0.25, 0.3) is 8.32 Å². The minimum Gasteiger partial charge on any atom is -0.481 e. The Morgan fingerprint density at radius 1 is 1.18 bits per heavy atom. The van der Waals surface area contributed by atoms with Gasteiger partial charge < -0.3 is 9.99 Å². The lowest BCUT2D eigenvalue weighted by atomic mass is 10.2. The van der Waals surface area contributed by atoms with Crippen molar-refractivity contribution in [3.63, 3.8) is 0 Å². The summed E-state index contributed by atoms with van der Waals surface area (Å²) in [6, 6.07) is 0. The molecular weight excluding hydrogens is 240 g/mol. The molecule has 0 aromatic heterocycles. The van der Waals surface area contributed by atoms with Gasteiger partial charge in [-0.3, -0.25) is 4.79 Å². The summed E-state index contributed by atoms with van der Waals surface area (Å²) in [5.41, 5.74) is 0. The van der Waals surface area contributed by atoms with Crippen molar-refractivity contribution in [2.24, 2.45) is 0 Å². The van der Waals surface area contributed by atoms with Gasteiger partial charge in [-0.2, -0.15) is 0 Å². The molecule has 0 unspecified atom stereocenters. The van der Waals surface area contributed by atoms with Crippen LogP contribution in [-0.2, 0) is 19.1 Å². The molecule has 6 heteroatoms. The first-order valence-corrected chi connectivity index (χ1v) is 8.57.